The maximum absolute atomic E-state index is 12.6. The lowest BCUT2D eigenvalue weighted by molar-refractivity contribution is -0.385. The van der Waals surface area contributed by atoms with Gasteiger partial charge in [-0.2, -0.15) is 0 Å². The van der Waals surface area contributed by atoms with Crippen LogP contribution in [0.2, 0.25) is 0 Å². The van der Waals surface area contributed by atoms with Crippen molar-refractivity contribution in [2.75, 3.05) is 10.6 Å². The highest BCUT2D eigenvalue weighted by Crippen LogP contribution is 2.33. The first-order valence-electron chi connectivity index (χ1n) is 7.41. The fraction of sp³-hybridized carbons (Fsp3) is 0.176. The van der Waals surface area contributed by atoms with E-state index in [0.29, 0.717) is 16.9 Å². The van der Waals surface area contributed by atoms with Gasteiger partial charge in [-0.15, -0.1) is 0 Å². The van der Waals surface area contributed by atoms with Gasteiger partial charge in [-0.3, -0.25) is 19.7 Å². The van der Waals surface area contributed by atoms with E-state index in [1.807, 2.05) is 0 Å². The average Bonchev–Trinajstić information content (AvgIpc) is 2.55. The summed E-state index contributed by atoms with van der Waals surface area (Å²) in [6.07, 6.45) is 0.0385. The molecule has 0 saturated carbocycles. The summed E-state index contributed by atoms with van der Waals surface area (Å²) in [6.45, 7) is 1.58. The Kier molecular flexibility index (Phi) is 3.99. The molecule has 2 aromatic carbocycles. The predicted molar refractivity (Wildman–Crippen MR) is 88.9 cm³/mol. The molecule has 7 nitrogen and oxygen atoms in total. The summed E-state index contributed by atoms with van der Waals surface area (Å²) in [5, 5.41) is 16.5. The summed E-state index contributed by atoms with van der Waals surface area (Å²) in [7, 11) is 0. The van der Waals surface area contributed by atoms with Gasteiger partial charge in [0.15, 0.2) is 0 Å². The number of nitro benzene ring substituents is 1. The first-order chi connectivity index (χ1) is 11.5. The number of nitro groups is 1. The Balaban J connectivity index is 1.90. The van der Waals surface area contributed by atoms with Crippen molar-refractivity contribution in [2.45, 2.75) is 19.3 Å². The van der Waals surface area contributed by atoms with Gasteiger partial charge in [0.1, 0.15) is 0 Å². The lowest BCUT2D eigenvalue weighted by Gasteiger charge is -2.25. The van der Waals surface area contributed by atoms with E-state index >= 15 is 0 Å². The molecule has 24 heavy (non-hydrogen) atoms. The van der Waals surface area contributed by atoms with Crippen LogP contribution >= 0.6 is 0 Å². The second kappa shape index (κ2) is 6.11. The Bertz CT molecular complexity index is 847. The first kappa shape index (κ1) is 15.7. The van der Waals surface area contributed by atoms with Crippen molar-refractivity contribution in [1.29, 1.82) is 0 Å². The van der Waals surface area contributed by atoms with Gasteiger partial charge in [0.05, 0.1) is 22.1 Å². The van der Waals surface area contributed by atoms with Crippen LogP contribution < -0.4 is 10.6 Å². The quantitative estimate of drug-likeness (QED) is 0.669. The van der Waals surface area contributed by atoms with Crippen LogP contribution in [0.3, 0.4) is 0 Å². The van der Waals surface area contributed by atoms with Gasteiger partial charge < -0.3 is 10.6 Å². The van der Waals surface area contributed by atoms with Crippen LogP contribution in [0.25, 0.3) is 0 Å². The number of anilines is 2. The Morgan fingerprint density at radius 3 is 2.75 bits per heavy atom. The predicted octanol–water partition coefficient (Wildman–Crippen LogP) is 2.97. The molecule has 1 atom stereocenters. The van der Waals surface area contributed by atoms with Crippen LogP contribution in [0.15, 0.2) is 42.5 Å². The lowest BCUT2D eigenvalue weighted by Crippen LogP contribution is -2.30. The molecule has 0 saturated heterocycles. The number of fused-ring (bicyclic) bond motifs is 1. The number of nitrogens with one attached hydrogen (secondary N) is 2. The van der Waals surface area contributed by atoms with Crippen molar-refractivity contribution in [3.63, 3.8) is 0 Å². The topological polar surface area (TPSA) is 101 Å². The second-order valence-electron chi connectivity index (χ2n) is 5.59. The van der Waals surface area contributed by atoms with Crippen LogP contribution in [0.5, 0.6) is 0 Å². The zero-order valence-corrected chi connectivity index (χ0v) is 12.9. The molecule has 0 aromatic heterocycles. The third-order valence-corrected chi connectivity index (χ3v) is 4.08. The molecule has 0 fully saturated rings. The number of carbonyl (C=O) groups is 2. The highest BCUT2D eigenvalue weighted by molar-refractivity contribution is 6.05. The van der Waals surface area contributed by atoms with E-state index in [1.165, 1.54) is 12.1 Å². The highest BCUT2D eigenvalue weighted by atomic mass is 16.6. The molecule has 0 aliphatic carbocycles. The minimum absolute atomic E-state index is 0.0385. The van der Waals surface area contributed by atoms with E-state index < -0.39 is 10.8 Å². The minimum Gasteiger partial charge on any atom is -0.326 e. The summed E-state index contributed by atoms with van der Waals surface area (Å²) in [5.74, 6) is -1.22. The number of benzene rings is 2. The number of hydrogen-bond donors (Lipinski definition) is 2. The van der Waals surface area contributed by atoms with Crippen LogP contribution in [-0.4, -0.2) is 16.7 Å². The standard InChI is InChI=1S/C17H15N3O4/c1-10-13(7-4-8-15(10)20(23)24)19-17(22)12-9-16(21)18-14-6-3-2-5-11(12)14/h2-8,12H,9H2,1H3,(H,18,21)(H,19,22). The van der Waals surface area contributed by atoms with Crippen molar-refractivity contribution in [2.24, 2.45) is 0 Å². The van der Waals surface area contributed by atoms with Crippen LogP contribution in [0.1, 0.15) is 23.5 Å². The monoisotopic (exact) mass is 325 g/mol. The molecule has 0 radical (unpaired) electrons. The number of hydrogen-bond acceptors (Lipinski definition) is 4. The zero-order valence-electron chi connectivity index (χ0n) is 12.9. The summed E-state index contributed by atoms with van der Waals surface area (Å²) in [4.78, 5) is 35.0. The van der Waals surface area contributed by atoms with Gasteiger partial charge in [0, 0.05) is 18.2 Å². The Morgan fingerprint density at radius 2 is 2.00 bits per heavy atom. The van der Waals surface area contributed by atoms with Gasteiger partial charge in [-0.25, -0.2) is 0 Å². The molecule has 2 N–H and O–H groups in total. The first-order valence-corrected chi connectivity index (χ1v) is 7.41. The van der Waals surface area contributed by atoms with E-state index in [9.17, 15) is 19.7 Å². The van der Waals surface area contributed by atoms with E-state index in [-0.39, 0.29) is 23.9 Å². The van der Waals surface area contributed by atoms with Crippen LogP contribution in [0.4, 0.5) is 17.1 Å². The van der Waals surface area contributed by atoms with E-state index in [1.54, 1.807) is 37.3 Å². The van der Waals surface area contributed by atoms with E-state index in [2.05, 4.69) is 10.6 Å². The van der Waals surface area contributed by atoms with Crippen molar-refractivity contribution in [3.05, 3.63) is 63.7 Å². The SMILES string of the molecule is Cc1c(NC(=O)C2CC(=O)Nc3ccccc32)cccc1[N+](=O)[O-]. The lowest BCUT2D eigenvalue weighted by atomic mass is 9.89. The number of rotatable bonds is 3. The van der Waals surface area contributed by atoms with E-state index in [0.717, 1.165) is 5.56 Å². The Labute approximate surface area is 137 Å². The normalized spacial score (nSPS) is 16.0. The van der Waals surface area contributed by atoms with Crippen molar-refractivity contribution < 1.29 is 14.5 Å². The maximum Gasteiger partial charge on any atom is 0.274 e. The average molecular weight is 325 g/mol. The fourth-order valence-electron chi connectivity index (χ4n) is 2.82. The molecular weight excluding hydrogens is 310 g/mol. The highest BCUT2D eigenvalue weighted by Gasteiger charge is 2.31. The molecule has 3 rings (SSSR count). The Hall–Kier alpha value is -3.22. The summed E-state index contributed by atoms with van der Waals surface area (Å²) >= 11 is 0. The molecule has 1 unspecified atom stereocenters. The minimum atomic E-state index is -0.631. The van der Waals surface area contributed by atoms with Crippen molar-refractivity contribution in [1.82, 2.24) is 0 Å². The molecule has 2 aromatic rings. The second-order valence-corrected chi connectivity index (χ2v) is 5.59. The molecule has 2 amide bonds. The van der Waals surface area contributed by atoms with Crippen molar-refractivity contribution in [3.8, 4) is 0 Å². The smallest absolute Gasteiger partial charge is 0.274 e. The van der Waals surface area contributed by atoms with Gasteiger partial charge >= 0.3 is 0 Å². The fourth-order valence-corrected chi connectivity index (χ4v) is 2.82. The number of nitrogens with zero attached hydrogens (tertiary/aromatic N) is 1. The zero-order chi connectivity index (χ0) is 17.3. The van der Waals surface area contributed by atoms with Crippen LogP contribution in [0, 0.1) is 17.0 Å². The number of para-hydroxylation sites is 1. The third kappa shape index (κ3) is 2.83. The number of carbonyl (C=O) groups excluding carboxylic acids is 2. The van der Waals surface area contributed by atoms with Gasteiger partial charge in [-0.1, -0.05) is 24.3 Å². The van der Waals surface area contributed by atoms with Gasteiger partial charge in [-0.05, 0) is 24.6 Å². The van der Waals surface area contributed by atoms with E-state index in [4.69, 9.17) is 0 Å². The summed E-state index contributed by atoms with van der Waals surface area (Å²) < 4.78 is 0. The molecule has 0 spiro atoms. The summed E-state index contributed by atoms with van der Waals surface area (Å²) in [5.41, 5.74) is 2.04. The molecule has 7 heteroatoms. The molecule has 122 valence electrons. The molecule has 0 bridgehead atoms. The largest absolute Gasteiger partial charge is 0.326 e. The van der Waals surface area contributed by atoms with Gasteiger partial charge in [0.2, 0.25) is 11.8 Å². The molecule has 1 aliphatic rings. The maximum atomic E-state index is 12.6. The van der Waals surface area contributed by atoms with Crippen molar-refractivity contribution >= 4 is 28.9 Å². The molecule has 1 heterocycles. The number of amides is 2. The van der Waals surface area contributed by atoms with Gasteiger partial charge in [0.25, 0.3) is 5.69 Å². The van der Waals surface area contributed by atoms with Crippen LogP contribution in [-0.2, 0) is 9.59 Å². The third-order valence-electron chi connectivity index (χ3n) is 4.08. The molecular formula is C17H15N3O4. The Morgan fingerprint density at radius 1 is 1.25 bits per heavy atom. The summed E-state index contributed by atoms with van der Waals surface area (Å²) in [6, 6.07) is 11.6. The molecule has 1 aliphatic heterocycles.